The van der Waals surface area contributed by atoms with E-state index in [1.165, 1.54) is 0 Å². The third-order valence-corrected chi connectivity index (χ3v) is 4.34. The van der Waals surface area contributed by atoms with Crippen LogP contribution in [0.5, 0.6) is 17.2 Å². The highest BCUT2D eigenvalue weighted by atomic mass is 16.5. The van der Waals surface area contributed by atoms with Crippen LogP contribution in [0.4, 0.5) is 0 Å². The highest BCUT2D eigenvalue weighted by molar-refractivity contribution is 5.78. The standard InChI is InChI=1S/C24H24O4/c1-3-27-22-15-13-18(17-23(22)26-2)14-16-24(25)28-21-12-8-7-11-20(21)19-9-5-4-6-10-19/h4-13,15,17H,3,14,16H2,1-2H3. The van der Waals surface area contributed by atoms with Crippen molar-refractivity contribution < 1.29 is 19.0 Å². The summed E-state index contributed by atoms with van der Waals surface area (Å²) in [6, 6.07) is 23.2. The molecule has 0 aliphatic heterocycles. The molecule has 3 rings (SSSR count). The van der Waals surface area contributed by atoms with Crippen molar-refractivity contribution in [2.45, 2.75) is 19.8 Å². The molecule has 4 heteroatoms. The van der Waals surface area contributed by atoms with Crippen LogP contribution in [0, 0.1) is 0 Å². The van der Waals surface area contributed by atoms with E-state index in [9.17, 15) is 4.79 Å². The Morgan fingerprint density at radius 1 is 0.857 bits per heavy atom. The fraction of sp³-hybridized carbons (Fsp3) is 0.208. The van der Waals surface area contributed by atoms with Gasteiger partial charge in [-0.05, 0) is 42.7 Å². The Hall–Kier alpha value is -3.27. The maximum Gasteiger partial charge on any atom is 0.311 e. The van der Waals surface area contributed by atoms with Gasteiger partial charge in [-0.25, -0.2) is 0 Å². The Morgan fingerprint density at radius 2 is 1.61 bits per heavy atom. The summed E-state index contributed by atoms with van der Waals surface area (Å²) in [6.45, 7) is 2.50. The van der Waals surface area contributed by atoms with Gasteiger partial charge in [0.2, 0.25) is 0 Å². The summed E-state index contributed by atoms with van der Waals surface area (Å²) in [6.07, 6.45) is 0.843. The van der Waals surface area contributed by atoms with Crippen LogP contribution in [-0.4, -0.2) is 19.7 Å². The van der Waals surface area contributed by atoms with Crippen LogP contribution in [0.15, 0.2) is 72.8 Å². The zero-order valence-electron chi connectivity index (χ0n) is 16.2. The van der Waals surface area contributed by atoms with Crippen molar-refractivity contribution in [2.75, 3.05) is 13.7 Å². The lowest BCUT2D eigenvalue weighted by molar-refractivity contribution is -0.134. The largest absolute Gasteiger partial charge is 0.493 e. The number of carbonyl (C=O) groups excluding carboxylic acids is 1. The number of hydrogen-bond donors (Lipinski definition) is 0. The Kier molecular flexibility index (Phi) is 6.68. The molecule has 0 bridgehead atoms. The van der Waals surface area contributed by atoms with Gasteiger partial charge in [0.25, 0.3) is 0 Å². The van der Waals surface area contributed by atoms with Gasteiger partial charge >= 0.3 is 5.97 Å². The van der Waals surface area contributed by atoms with Gasteiger partial charge in [0.1, 0.15) is 5.75 Å². The maximum absolute atomic E-state index is 12.4. The fourth-order valence-corrected chi connectivity index (χ4v) is 2.97. The van der Waals surface area contributed by atoms with Gasteiger partial charge in [-0.15, -0.1) is 0 Å². The van der Waals surface area contributed by atoms with Crippen molar-refractivity contribution in [3.63, 3.8) is 0 Å². The molecule has 0 N–H and O–H groups in total. The van der Waals surface area contributed by atoms with Gasteiger partial charge in [-0.3, -0.25) is 4.79 Å². The van der Waals surface area contributed by atoms with Gasteiger partial charge < -0.3 is 14.2 Å². The van der Waals surface area contributed by atoms with Crippen molar-refractivity contribution >= 4 is 5.97 Å². The normalized spacial score (nSPS) is 10.4. The second-order valence-electron chi connectivity index (χ2n) is 6.25. The van der Waals surface area contributed by atoms with Gasteiger partial charge in [0.05, 0.1) is 13.7 Å². The molecule has 4 nitrogen and oxygen atoms in total. The molecule has 0 saturated carbocycles. The molecule has 3 aromatic carbocycles. The van der Waals surface area contributed by atoms with E-state index in [0.717, 1.165) is 16.7 Å². The molecule has 0 fully saturated rings. The Labute approximate surface area is 165 Å². The number of para-hydroxylation sites is 1. The minimum atomic E-state index is -0.267. The molecule has 28 heavy (non-hydrogen) atoms. The number of rotatable bonds is 8. The molecule has 0 saturated heterocycles. The molecular weight excluding hydrogens is 352 g/mol. The molecule has 0 aromatic heterocycles. The van der Waals surface area contributed by atoms with E-state index in [0.29, 0.717) is 30.3 Å². The lowest BCUT2D eigenvalue weighted by atomic mass is 10.0. The molecular formula is C24H24O4. The number of hydrogen-bond acceptors (Lipinski definition) is 4. The first-order valence-electron chi connectivity index (χ1n) is 9.36. The third-order valence-electron chi connectivity index (χ3n) is 4.34. The van der Waals surface area contributed by atoms with E-state index in [1.54, 1.807) is 7.11 Å². The van der Waals surface area contributed by atoms with E-state index >= 15 is 0 Å². The van der Waals surface area contributed by atoms with Crippen LogP contribution in [0.25, 0.3) is 11.1 Å². The summed E-state index contributed by atoms with van der Waals surface area (Å²) in [7, 11) is 1.61. The quantitative estimate of drug-likeness (QED) is 0.395. The second-order valence-corrected chi connectivity index (χ2v) is 6.25. The first kappa shape index (κ1) is 19.5. The van der Waals surface area contributed by atoms with E-state index in [1.807, 2.05) is 79.7 Å². The number of benzene rings is 3. The van der Waals surface area contributed by atoms with Gasteiger partial charge in [-0.2, -0.15) is 0 Å². The van der Waals surface area contributed by atoms with E-state index in [4.69, 9.17) is 14.2 Å². The highest BCUT2D eigenvalue weighted by Crippen LogP contribution is 2.31. The summed E-state index contributed by atoms with van der Waals surface area (Å²) in [5, 5.41) is 0. The number of aryl methyl sites for hydroxylation is 1. The number of esters is 1. The van der Waals surface area contributed by atoms with Crippen LogP contribution in [0.1, 0.15) is 18.9 Å². The predicted octanol–water partition coefficient (Wildman–Crippen LogP) is 5.30. The Bertz CT molecular complexity index is 919. The van der Waals surface area contributed by atoms with Crippen molar-refractivity contribution in [1.29, 1.82) is 0 Å². The molecule has 0 unspecified atom stereocenters. The average molecular weight is 376 g/mol. The number of carbonyl (C=O) groups is 1. The van der Waals surface area contributed by atoms with Crippen LogP contribution in [-0.2, 0) is 11.2 Å². The summed E-state index contributed by atoms with van der Waals surface area (Å²) >= 11 is 0. The van der Waals surface area contributed by atoms with Crippen LogP contribution < -0.4 is 14.2 Å². The van der Waals surface area contributed by atoms with Gasteiger partial charge in [-0.1, -0.05) is 54.6 Å². The first-order valence-corrected chi connectivity index (χ1v) is 9.36. The Morgan fingerprint density at radius 3 is 2.36 bits per heavy atom. The lowest BCUT2D eigenvalue weighted by Crippen LogP contribution is -2.10. The summed E-state index contributed by atoms with van der Waals surface area (Å²) in [5.74, 6) is 1.68. The molecule has 0 aliphatic rings. The maximum atomic E-state index is 12.4. The third kappa shape index (κ3) is 4.92. The van der Waals surface area contributed by atoms with E-state index < -0.39 is 0 Å². The molecule has 0 atom stereocenters. The zero-order chi connectivity index (χ0) is 19.8. The molecule has 0 spiro atoms. The van der Waals surface area contributed by atoms with Crippen molar-refractivity contribution in [1.82, 2.24) is 0 Å². The van der Waals surface area contributed by atoms with E-state index in [-0.39, 0.29) is 12.4 Å². The monoisotopic (exact) mass is 376 g/mol. The predicted molar refractivity (Wildman–Crippen MR) is 110 cm³/mol. The average Bonchev–Trinajstić information content (AvgIpc) is 2.74. The first-order chi connectivity index (χ1) is 13.7. The Balaban J connectivity index is 1.66. The minimum Gasteiger partial charge on any atom is -0.493 e. The molecule has 0 heterocycles. The molecule has 0 aliphatic carbocycles. The molecule has 0 amide bonds. The number of methoxy groups -OCH3 is 1. The van der Waals surface area contributed by atoms with Crippen molar-refractivity contribution in [3.05, 3.63) is 78.4 Å². The van der Waals surface area contributed by atoms with Crippen LogP contribution in [0.2, 0.25) is 0 Å². The summed E-state index contributed by atoms with van der Waals surface area (Å²) in [4.78, 5) is 12.4. The summed E-state index contributed by atoms with van der Waals surface area (Å²) < 4.78 is 16.5. The fourth-order valence-electron chi connectivity index (χ4n) is 2.97. The van der Waals surface area contributed by atoms with Crippen LogP contribution in [0.3, 0.4) is 0 Å². The zero-order valence-corrected chi connectivity index (χ0v) is 16.2. The SMILES string of the molecule is CCOc1ccc(CCC(=O)Oc2ccccc2-c2ccccc2)cc1OC. The lowest BCUT2D eigenvalue weighted by Gasteiger charge is -2.12. The topological polar surface area (TPSA) is 44.8 Å². The van der Waals surface area contributed by atoms with Gasteiger partial charge in [0.15, 0.2) is 11.5 Å². The van der Waals surface area contributed by atoms with E-state index in [2.05, 4.69) is 0 Å². The molecule has 3 aromatic rings. The number of ether oxygens (including phenoxy) is 3. The smallest absolute Gasteiger partial charge is 0.311 e. The summed E-state index contributed by atoms with van der Waals surface area (Å²) in [5.41, 5.74) is 2.91. The molecule has 0 radical (unpaired) electrons. The van der Waals surface area contributed by atoms with Crippen molar-refractivity contribution in [3.8, 4) is 28.4 Å². The van der Waals surface area contributed by atoms with Gasteiger partial charge in [0, 0.05) is 12.0 Å². The second kappa shape index (κ2) is 9.60. The minimum absolute atomic E-state index is 0.267. The molecule has 144 valence electrons. The van der Waals surface area contributed by atoms with Crippen molar-refractivity contribution in [2.24, 2.45) is 0 Å². The van der Waals surface area contributed by atoms with Crippen LogP contribution >= 0.6 is 0 Å². The highest BCUT2D eigenvalue weighted by Gasteiger charge is 2.12.